The Hall–Kier alpha value is -2.33. The fourth-order valence-electron chi connectivity index (χ4n) is 3.44. The normalized spacial score (nSPS) is 17.6. The average molecular weight is 480 g/mol. The highest BCUT2D eigenvalue weighted by atomic mass is 35.5. The highest BCUT2D eigenvalue weighted by Crippen LogP contribution is 2.46. The topological polar surface area (TPSA) is 89.5 Å². The quantitative estimate of drug-likeness (QED) is 0.407. The number of rotatable bonds is 10. The maximum absolute atomic E-state index is 13.1. The van der Waals surface area contributed by atoms with Crippen molar-refractivity contribution in [1.29, 1.82) is 0 Å². The van der Waals surface area contributed by atoms with Crippen molar-refractivity contribution in [2.24, 2.45) is 4.99 Å². The zero-order valence-electron chi connectivity index (χ0n) is 18.2. The molecule has 2 heterocycles. The van der Waals surface area contributed by atoms with Crippen molar-refractivity contribution in [3.8, 4) is 0 Å². The molecule has 1 aromatic carbocycles. The third-order valence-corrected chi connectivity index (χ3v) is 6.14. The van der Waals surface area contributed by atoms with Crippen LogP contribution in [0.1, 0.15) is 24.9 Å². The van der Waals surface area contributed by atoms with Crippen molar-refractivity contribution in [1.82, 2.24) is 10.2 Å². The van der Waals surface area contributed by atoms with E-state index in [4.69, 9.17) is 25.8 Å². The number of carbonyl (C=O) groups is 2. The van der Waals surface area contributed by atoms with Crippen molar-refractivity contribution in [3.63, 3.8) is 0 Å². The van der Waals surface area contributed by atoms with Gasteiger partial charge in [-0.05, 0) is 24.0 Å². The van der Waals surface area contributed by atoms with Crippen molar-refractivity contribution >= 4 is 40.4 Å². The van der Waals surface area contributed by atoms with Gasteiger partial charge in [0.1, 0.15) is 6.61 Å². The Labute approximate surface area is 196 Å². The average Bonchev–Trinajstić information content (AvgIpc) is 3.15. The third kappa shape index (κ3) is 5.53. The van der Waals surface area contributed by atoms with Gasteiger partial charge in [-0.25, -0.2) is 9.79 Å². The summed E-state index contributed by atoms with van der Waals surface area (Å²) in [6.07, 6.45) is 0.127. The summed E-state index contributed by atoms with van der Waals surface area (Å²) in [5, 5.41) is 5.89. The van der Waals surface area contributed by atoms with E-state index >= 15 is 0 Å². The number of thioether (sulfide) groups is 1. The molecule has 0 aliphatic carbocycles. The zero-order chi connectivity index (χ0) is 23.1. The van der Waals surface area contributed by atoms with Crippen LogP contribution in [0.15, 0.2) is 51.6 Å². The van der Waals surface area contributed by atoms with Gasteiger partial charge in [0, 0.05) is 31.5 Å². The number of fused-ring (bicyclic) bond motifs is 1. The fraction of sp³-hybridized carbons (Fsp3) is 0.409. The number of benzene rings is 1. The summed E-state index contributed by atoms with van der Waals surface area (Å²) in [4.78, 5) is 32.1. The van der Waals surface area contributed by atoms with E-state index < -0.39 is 12.0 Å². The van der Waals surface area contributed by atoms with Gasteiger partial charge in [-0.3, -0.25) is 4.79 Å². The molecular formula is C22H26ClN3O5S. The lowest BCUT2D eigenvalue weighted by molar-refractivity contribution is -0.141. The van der Waals surface area contributed by atoms with Gasteiger partial charge in [-0.2, -0.15) is 0 Å². The Bertz CT molecular complexity index is 963. The molecule has 172 valence electrons. The van der Waals surface area contributed by atoms with Crippen LogP contribution in [0.5, 0.6) is 0 Å². The predicted molar refractivity (Wildman–Crippen MR) is 124 cm³/mol. The number of nitrogens with zero attached hydrogens (tertiary/aromatic N) is 2. The minimum Gasteiger partial charge on any atom is -0.460 e. The molecule has 0 fully saturated rings. The standard InChI is InChI=1S/C22H26ClN3O5S/c1-14-19(21(28)31-11-10-30-3)20(16-6-4-5-7-17(16)23)26-15(13-32-22(26)25-14)12-18(27)24-8-9-29-2/h4-7,13,20H,8-12H2,1-3H3,(H,24,27). The highest BCUT2D eigenvalue weighted by Gasteiger charge is 2.41. The van der Waals surface area contributed by atoms with Crippen LogP contribution in [-0.2, 0) is 23.8 Å². The molecule has 0 saturated carbocycles. The lowest BCUT2D eigenvalue weighted by atomic mass is 9.93. The summed E-state index contributed by atoms with van der Waals surface area (Å²) in [6.45, 7) is 3.03. The summed E-state index contributed by atoms with van der Waals surface area (Å²) in [5.74, 6) is -0.642. The van der Waals surface area contributed by atoms with Gasteiger partial charge in [0.2, 0.25) is 5.91 Å². The molecule has 0 aromatic heterocycles. The number of amides is 1. The van der Waals surface area contributed by atoms with E-state index in [1.165, 1.54) is 18.9 Å². The smallest absolute Gasteiger partial charge is 0.338 e. The van der Waals surface area contributed by atoms with Crippen LogP contribution in [0.2, 0.25) is 5.02 Å². The molecule has 2 aliphatic heterocycles. The number of aliphatic imine (C=N–C) groups is 1. The minimum atomic E-state index is -0.570. The number of amidine groups is 1. The summed E-state index contributed by atoms with van der Waals surface area (Å²) in [6, 6.07) is 6.76. The largest absolute Gasteiger partial charge is 0.460 e. The Morgan fingerprint density at radius 2 is 1.94 bits per heavy atom. The van der Waals surface area contributed by atoms with Crippen molar-refractivity contribution in [3.05, 3.63) is 57.2 Å². The van der Waals surface area contributed by atoms with E-state index in [0.717, 1.165) is 11.3 Å². The number of allylic oxidation sites excluding steroid dienone is 1. The molecule has 0 bridgehead atoms. The van der Waals surface area contributed by atoms with Gasteiger partial charge < -0.3 is 24.4 Å². The van der Waals surface area contributed by atoms with E-state index in [1.54, 1.807) is 20.1 Å². The molecule has 3 rings (SSSR count). The molecule has 1 aromatic rings. The zero-order valence-corrected chi connectivity index (χ0v) is 19.8. The van der Waals surface area contributed by atoms with Crippen LogP contribution in [0.4, 0.5) is 0 Å². The first-order chi connectivity index (χ1) is 15.5. The lowest BCUT2D eigenvalue weighted by Crippen LogP contribution is -2.38. The molecule has 0 spiro atoms. The monoisotopic (exact) mass is 479 g/mol. The molecule has 1 unspecified atom stereocenters. The van der Waals surface area contributed by atoms with Gasteiger partial charge in [0.05, 0.1) is 36.9 Å². The molecule has 2 aliphatic rings. The van der Waals surface area contributed by atoms with Crippen LogP contribution in [0, 0.1) is 0 Å². The fourth-order valence-corrected chi connectivity index (χ4v) is 4.64. The molecule has 32 heavy (non-hydrogen) atoms. The van der Waals surface area contributed by atoms with Gasteiger partial charge >= 0.3 is 5.97 Å². The van der Waals surface area contributed by atoms with E-state index in [-0.39, 0.29) is 25.5 Å². The molecule has 10 heteroatoms. The highest BCUT2D eigenvalue weighted by molar-refractivity contribution is 8.16. The number of methoxy groups -OCH3 is 2. The first-order valence-electron chi connectivity index (χ1n) is 10.1. The van der Waals surface area contributed by atoms with E-state index in [9.17, 15) is 9.59 Å². The summed E-state index contributed by atoms with van der Waals surface area (Å²) >= 11 is 7.96. The Morgan fingerprint density at radius 1 is 1.19 bits per heavy atom. The molecule has 1 N–H and O–H groups in total. The second-order valence-electron chi connectivity index (χ2n) is 7.06. The lowest BCUT2D eigenvalue weighted by Gasteiger charge is -2.36. The molecule has 1 amide bonds. The number of ether oxygens (including phenoxy) is 3. The van der Waals surface area contributed by atoms with Gasteiger partial charge in [-0.1, -0.05) is 41.6 Å². The van der Waals surface area contributed by atoms with Crippen molar-refractivity contribution in [2.45, 2.75) is 19.4 Å². The Kier molecular flexibility index (Phi) is 8.75. The van der Waals surface area contributed by atoms with Crippen LogP contribution in [0.3, 0.4) is 0 Å². The first kappa shape index (κ1) is 24.3. The minimum absolute atomic E-state index is 0.122. The van der Waals surface area contributed by atoms with Crippen molar-refractivity contribution < 1.29 is 23.8 Å². The predicted octanol–water partition coefficient (Wildman–Crippen LogP) is 3.26. The van der Waals surface area contributed by atoms with Gasteiger partial charge in [-0.15, -0.1) is 0 Å². The molecule has 0 saturated heterocycles. The number of halogens is 1. The SMILES string of the molecule is COCCNC(=O)CC1=CSC2=NC(C)=C(C(=O)OCCOC)C(c3ccccc3Cl)N12. The number of hydrogen-bond acceptors (Lipinski definition) is 8. The maximum atomic E-state index is 13.1. The number of carbonyl (C=O) groups excluding carboxylic acids is 2. The Morgan fingerprint density at radius 3 is 2.66 bits per heavy atom. The third-order valence-electron chi connectivity index (χ3n) is 4.91. The van der Waals surface area contributed by atoms with Crippen LogP contribution < -0.4 is 5.32 Å². The number of hydrogen-bond donors (Lipinski definition) is 1. The molecule has 8 nitrogen and oxygen atoms in total. The summed E-state index contributed by atoms with van der Waals surface area (Å²) < 4.78 is 15.4. The van der Waals surface area contributed by atoms with Gasteiger partial charge in [0.25, 0.3) is 0 Å². The maximum Gasteiger partial charge on any atom is 0.338 e. The van der Waals surface area contributed by atoms with E-state index in [1.807, 2.05) is 28.5 Å². The van der Waals surface area contributed by atoms with Gasteiger partial charge in [0.15, 0.2) is 5.17 Å². The second kappa shape index (κ2) is 11.5. The van der Waals surface area contributed by atoms with Crippen LogP contribution >= 0.6 is 23.4 Å². The van der Waals surface area contributed by atoms with Crippen LogP contribution in [0.25, 0.3) is 0 Å². The second-order valence-corrected chi connectivity index (χ2v) is 8.31. The van der Waals surface area contributed by atoms with E-state index in [2.05, 4.69) is 10.3 Å². The summed E-state index contributed by atoms with van der Waals surface area (Å²) in [5.41, 5.74) is 2.39. The molecule has 1 atom stereocenters. The molecular weight excluding hydrogens is 454 g/mol. The van der Waals surface area contributed by atoms with Crippen LogP contribution in [-0.4, -0.2) is 62.5 Å². The number of esters is 1. The van der Waals surface area contributed by atoms with Crippen molar-refractivity contribution in [2.75, 3.05) is 40.6 Å². The Balaban J connectivity index is 1.94. The molecule has 0 radical (unpaired) electrons. The number of nitrogens with one attached hydrogen (secondary N) is 1. The summed E-state index contributed by atoms with van der Waals surface area (Å²) in [7, 11) is 3.12. The first-order valence-corrected chi connectivity index (χ1v) is 11.3. The van der Waals surface area contributed by atoms with E-state index in [0.29, 0.717) is 34.6 Å².